The average molecular weight is 354 g/mol. The molecule has 0 aliphatic heterocycles. The van der Waals surface area contributed by atoms with E-state index in [0.717, 1.165) is 7.11 Å². The molecular weight excluding hydrogens is 341 g/mol. The number of rotatable bonds is 4. The number of sulfonamides is 1. The largest absolute Gasteiger partial charge is 0.468 e. The first-order valence-corrected chi connectivity index (χ1v) is 7.58. The standard InChI is InChI=1S/C11H13BrFNO4S/c1-6-4-9(13)8(12)5-10(6)14-19(16,17)7(2)11(15)18-3/h4-5,7,14H,1-3H3. The number of methoxy groups -OCH3 is 1. The molecule has 0 heterocycles. The molecule has 1 aromatic rings. The SMILES string of the molecule is COC(=O)C(C)S(=O)(=O)Nc1cc(Br)c(F)cc1C. The van der Waals surface area contributed by atoms with Crippen LogP contribution in [-0.2, 0) is 19.6 Å². The van der Waals surface area contributed by atoms with Crippen LogP contribution in [0.4, 0.5) is 10.1 Å². The van der Waals surface area contributed by atoms with Crippen LogP contribution in [0.2, 0.25) is 0 Å². The second-order valence-corrected chi connectivity index (χ2v) is 6.75. The van der Waals surface area contributed by atoms with Gasteiger partial charge in [-0.15, -0.1) is 0 Å². The molecule has 0 amide bonds. The number of esters is 1. The van der Waals surface area contributed by atoms with E-state index in [1.165, 1.54) is 19.1 Å². The van der Waals surface area contributed by atoms with Crippen molar-refractivity contribution < 1.29 is 22.3 Å². The molecule has 0 aliphatic carbocycles. The number of aryl methyl sites for hydroxylation is 1. The highest BCUT2D eigenvalue weighted by atomic mass is 79.9. The zero-order valence-corrected chi connectivity index (χ0v) is 12.9. The minimum absolute atomic E-state index is 0.126. The molecule has 0 radical (unpaired) electrons. The number of halogens is 2. The fourth-order valence-electron chi connectivity index (χ4n) is 1.29. The van der Waals surface area contributed by atoms with Crippen LogP contribution >= 0.6 is 15.9 Å². The van der Waals surface area contributed by atoms with Crippen molar-refractivity contribution in [2.24, 2.45) is 0 Å². The van der Waals surface area contributed by atoms with E-state index in [2.05, 4.69) is 25.4 Å². The monoisotopic (exact) mass is 353 g/mol. The van der Waals surface area contributed by atoms with Gasteiger partial charge in [0.05, 0.1) is 17.3 Å². The molecule has 1 aromatic carbocycles. The lowest BCUT2D eigenvalue weighted by Gasteiger charge is -2.15. The van der Waals surface area contributed by atoms with E-state index in [9.17, 15) is 17.6 Å². The normalized spacial score (nSPS) is 12.9. The van der Waals surface area contributed by atoms with Gasteiger partial charge in [-0.3, -0.25) is 9.52 Å². The molecule has 106 valence electrons. The minimum atomic E-state index is -3.94. The Morgan fingerprint density at radius 1 is 1.47 bits per heavy atom. The Labute approximate surface area is 119 Å². The fraction of sp³-hybridized carbons (Fsp3) is 0.364. The van der Waals surface area contributed by atoms with E-state index >= 15 is 0 Å². The first-order chi connectivity index (χ1) is 8.69. The first-order valence-electron chi connectivity index (χ1n) is 5.24. The van der Waals surface area contributed by atoms with Crippen LogP contribution in [0.15, 0.2) is 16.6 Å². The Balaban J connectivity index is 3.09. The number of benzene rings is 1. The van der Waals surface area contributed by atoms with Crippen LogP contribution in [0.1, 0.15) is 12.5 Å². The number of carbonyl (C=O) groups is 1. The molecule has 0 bridgehead atoms. The maximum absolute atomic E-state index is 13.2. The Hall–Kier alpha value is -1.15. The number of hydrogen-bond acceptors (Lipinski definition) is 4. The van der Waals surface area contributed by atoms with Crippen molar-refractivity contribution in [2.45, 2.75) is 19.1 Å². The topological polar surface area (TPSA) is 72.5 Å². The molecule has 1 unspecified atom stereocenters. The van der Waals surface area contributed by atoms with Crippen molar-refractivity contribution in [3.8, 4) is 0 Å². The molecule has 0 spiro atoms. The summed E-state index contributed by atoms with van der Waals surface area (Å²) in [4.78, 5) is 11.2. The molecule has 0 aliphatic rings. The highest BCUT2D eigenvalue weighted by Crippen LogP contribution is 2.25. The van der Waals surface area contributed by atoms with Crippen molar-refractivity contribution in [3.63, 3.8) is 0 Å². The maximum Gasteiger partial charge on any atom is 0.325 e. The van der Waals surface area contributed by atoms with Crippen LogP contribution < -0.4 is 4.72 Å². The van der Waals surface area contributed by atoms with E-state index in [0.29, 0.717) is 5.56 Å². The second kappa shape index (κ2) is 5.87. The van der Waals surface area contributed by atoms with Crippen molar-refractivity contribution in [3.05, 3.63) is 28.0 Å². The van der Waals surface area contributed by atoms with Gasteiger partial charge in [-0.05, 0) is 47.5 Å². The van der Waals surface area contributed by atoms with Gasteiger partial charge in [-0.25, -0.2) is 12.8 Å². The van der Waals surface area contributed by atoms with Gasteiger partial charge in [0.15, 0.2) is 5.25 Å². The molecule has 0 aromatic heterocycles. The molecule has 8 heteroatoms. The van der Waals surface area contributed by atoms with E-state index in [-0.39, 0.29) is 10.2 Å². The average Bonchev–Trinajstić information content (AvgIpc) is 2.33. The zero-order chi connectivity index (χ0) is 14.8. The Bertz CT molecular complexity index is 603. The summed E-state index contributed by atoms with van der Waals surface area (Å²) in [5.41, 5.74) is 0.602. The quantitative estimate of drug-likeness (QED) is 0.842. The van der Waals surface area contributed by atoms with Gasteiger partial charge in [0.1, 0.15) is 5.82 Å². The minimum Gasteiger partial charge on any atom is -0.468 e. The molecular formula is C11H13BrFNO4S. The fourth-order valence-corrected chi connectivity index (χ4v) is 2.69. The van der Waals surface area contributed by atoms with E-state index < -0.39 is 27.1 Å². The number of anilines is 1. The number of nitrogens with one attached hydrogen (secondary N) is 1. The van der Waals surface area contributed by atoms with Gasteiger partial charge in [0, 0.05) is 0 Å². The van der Waals surface area contributed by atoms with E-state index in [1.54, 1.807) is 6.92 Å². The van der Waals surface area contributed by atoms with Crippen LogP contribution in [0.5, 0.6) is 0 Å². The predicted octanol–water partition coefficient (Wildman–Crippen LogP) is 2.20. The highest BCUT2D eigenvalue weighted by molar-refractivity contribution is 9.10. The molecule has 1 atom stereocenters. The summed E-state index contributed by atoms with van der Waals surface area (Å²) in [6.07, 6.45) is 0. The molecule has 1 rings (SSSR count). The Morgan fingerprint density at radius 3 is 2.58 bits per heavy atom. The number of ether oxygens (including phenoxy) is 1. The molecule has 1 N–H and O–H groups in total. The predicted molar refractivity (Wildman–Crippen MR) is 72.9 cm³/mol. The molecule has 0 saturated heterocycles. The van der Waals surface area contributed by atoms with Crippen molar-refractivity contribution in [2.75, 3.05) is 11.8 Å². The summed E-state index contributed by atoms with van der Waals surface area (Å²) in [5.74, 6) is -1.37. The third-order valence-electron chi connectivity index (χ3n) is 2.52. The summed E-state index contributed by atoms with van der Waals surface area (Å²) in [6.45, 7) is 2.76. The van der Waals surface area contributed by atoms with Crippen LogP contribution in [0, 0.1) is 12.7 Å². The maximum atomic E-state index is 13.2. The number of carbonyl (C=O) groups excluding carboxylic acids is 1. The zero-order valence-electron chi connectivity index (χ0n) is 10.5. The van der Waals surface area contributed by atoms with Crippen LogP contribution in [0.25, 0.3) is 0 Å². The lowest BCUT2D eigenvalue weighted by Crippen LogP contribution is -2.33. The second-order valence-electron chi connectivity index (χ2n) is 3.89. The number of hydrogen-bond donors (Lipinski definition) is 1. The van der Waals surface area contributed by atoms with Gasteiger partial charge >= 0.3 is 5.97 Å². The lowest BCUT2D eigenvalue weighted by atomic mass is 10.2. The molecule has 5 nitrogen and oxygen atoms in total. The summed E-state index contributed by atoms with van der Waals surface area (Å²) in [5, 5.41) is -1.36. The van der Waals surface area contributed by atoms with Gasteiger partial charge < -0.3 is 4.74 Å². The first kappa shape index (κ1) is 15.9. The van der Waals surface area contributed by atoms with Crippen LogP contribution in [0.3, 0.4) is 0 Å². The van der Waals surface area contributed by atoms with E-state index in [4.69, 9.17) is 0 Å². The third kappa shape index (κ3) is 3.66. The molecule has 0 fully saturated rings. The van der Waals surface area contributed by atoms with Gasteiger partial charge in [0.2, 0.25) is 10.0 Å². The molecule has 19 heavy (non-hydrogen) atoms. The highest BCUT2D eigenvalue weighted by Gasteiger charge is 2.29. The van der Waals surface area contributed by atoms with Gasteiger partial charge in [-0.1, -0.05) is 0 Å². The smallest absolute Gasteiger partial charge is 0.325 e. The van der Waals surface area contributed by atoms with Crippen molar-refractivity contribution >= 4 is 37.6 Å². The third-order valence-corrected chi connectivity index (χ3v) is 4.75. The Morgan fingerprint density at radius 2 is 2.05 bits per heavy atom. The van der Waals surface area contributed by atoms with E-state index in [1.807, 2.05) is 0 Å². The molecule has 0 saturated carbocycles. The lowest BCUT2D eigenvalue weighted by molar-refractivity contribution is -0.139. The van der Waals surface area contributed by atoms with Crippen LogP contribution in [-0.4, -0.2) is 26.7 Å². The van der Waals surface area contributed by atoms with Crippen molar-refractivity contribution in [1.29, 1.82) is 0 Å². The summed E-state index contributed by atoms with van der Waals surface area (Å²) >= 11 is 2.97. The Kier molecular flexibility index (Phi) is 4.92. The summed E-state index contributed by atoms with van der Waals surface area (Å²) < 4.78 is 43.8. The van der Waals surface area contributed by atoms with Gasteiger partial charge in [0.25, 0.3) is 0 Å². The van der Waals surface area contributed by atoms with Gasteiger partial charge in [-0.2, -0.15) is 0 Å². The van der Waals surface area contributed by atoms with Crippen molar-refractivity contribution in [1.82, 2.24) is 0 Å². The summed E-state index contributed by atoms with van der Waals surface area (Å²) in [6, 6.07) is 2.48. The summed E-state index contributed by atoms with van der Waals surface area (Å²) in [7, 11) is -2.84.